The predicted octanol–water partition coefficient (Wildman–Crippen LogP) is 2.87. The maximum atomic E-state index is 13.5. The highest BCUT2D eigenvalue weighted by Gasteiger charge is 2.37. The highest BCUT2D eigenvalue weighted by atomic mass is 16.3. The summed E-state index contributed by atoms with van der Waals surface area (Å²) in [6.45, 7) is 0. The lowest BCUT2D eigenvalue weighted by atomic mass is 9.82. The number of rotatable bonds is 0. The van der Waals surface area contributed by atoms with Crippen LogP contribution in [0.3, 0.4) is 0 Å². The number of nitrogens with two attached hydrogens (primary N) is 1. The van der Waals surface area contributed by atoms with E-state index in [0.717, 1.165) is 0 Å². The second-order valence-electron chi connectivity index (χ2n) is 8.95. The molecular formula is C28H16N4O4. The Morgan fingerprint density at radius 3 is 2.14 bits per heavy atom. The van der Waals surface area contributed by atoms with Crippen LogP contribution < -0.4 is 16.4 Å². The van der Waals surface area contributed by atoms with E-state index in [9.17, 15) is 19.8 Å². The number of nitrogen functional groups attached to an aromatic ring is 1. The number of nitrogens with zero attached hydrogens (tertiary/aromatic N) is 2. The first kappa shape index (κ1) is 20.3. The lowest BCUT2D eigenvalue weighted by Gasteiger charge is -2.28. The number of hydrogen-bond donors (Lipinski definition) is 4. The summed E-state index contributed by atoms with van der Waals surface area (Å²) in [5.41, 5.74) is 7.81. The van der Waals surface area contributed by atoms with E-state index in [4.69, 9.17) is 16.1 Å². The van der Waals surface area contributed by atoms with Crippen molar-refractivity contribution in [2.45, 2.75) is 6.04 Å². The molecule has 2 aliphatic carbocycles. The van der Waals surface area contributed by atoms with E-state index >= 15 is 0 Å². The highest BCUT2D eigenvalue weighted by molar-refractivity contribution is 6.30. The zero-order valence-corrected chi connectivity index (χ0v) is 18.5. The molecule has 0 bridgehead atoms. The number of ketones is 2. The van der Waals surface area contributed by atoms with Gasteiger partial charge in [-0.2, -0.15) is 0 Å². The number of benzene rings is 4. The van der Waals surface area contributed by atoms with Gasteiger partial charge in [0.2, 0.25) is 0 Å². The Hall–Kier alpha value is -5.11. The van der Waals surface area contributed by atoms with Gasteiger partial charge in [0.05, 0.1) is 33.5 Å². The van der Waals surface area contributed by atoms with Gasteiger partial charge in [-0.05, 0) is 12.1 Å². The number of aromatic hydroxyl groups is 2. The average Bonchev–Trinajstić information content (AvgIpc) is 2.88. The molecule has 0 aromatic heterocycles. The number of phenolic OH excluding ortho intramolecular Hbond substituents is 2. The van der Waals surface area contributed by atoms with Crippen LogP contribution in [0.5, 0.6) is 11.5 Å². The van der Waals surface area contributed by atoms with E-state index in [1.54, 1.807) is 48.5 Å². The Bertz CT molecular complexity index is 1940. The molecule has 1 aliphatic heterocycles. The lowest BCUT2D eigenvalue weighted by molar-refractivity contribution is 0.0978. The van der Waals surface area contributed by atoms with E-state index in [0.29, 0.717) is 21.8 Å². The number of allylic oxidation sites excluding steroid dienone is 1. The molecule has 8 nitrogen and oxygen atoms in total. The quantitative estimate of drug-likeness (QED) is 0.202. The molecule has 0 saturated carbocycles. The third-order valence-electron chi connectivity index (χ3n) is 7.00. The molecule has 0 saturated heterocycles. The van der Waals surface area contributed by atoms with Crippen LogP contribution in [0, 0.1) is 5.41 Å². The molecule has 8 heteroatoms. The van der Waals surface area contributed by atoms with Gasteiger partial charge in [-0.1, -0.05) is 48.5 Å². The number of phenols is 2. The van der Waals surface area contributed by atoms with E-state index in [-0.39, 0.29) is 73.2 Å². The molecule has 4 aromatic rings. The van der Waals surface area contributed by atoms with Crippen molar-refractivity contribution in [1.29, 1.82) is 5.41 Å². The van der Waals surface area contributed by atoms with Crippen molar-refractivity contribution in [3.8, 4) is 11.5 Å². The van der Waals surface area contributed by atoms with Crippen LogP contribution in [0.15, 0.2) is 76.4 Å². The third-order valence-corrected chi connectivity index (χ3v) is 7.00. The summed E-state index contributed by atoms with van der Waals surface area (Å²) in [6, 6.07) is 14.1. The number of carbonyl (C=O) groups is 2. The summed E-state index contributed by atoms with van der Waals surface area (Å²) in [6.07, 6.45) is 1.46. The van der Waals surface area contributed by atoms with Gasteiger partial charge in [0.1, 0.15) is 22.9 Å². The molecule has 172 valence electrons. The maximum Gasteiger partial charge on any atom is 0.196 e. The first-order valence-electron chi connectivity index (χ1n) is 11.2. The molecule has 0 spiro atoms. The van der Waals surface area contributed by atoms with Crippen LogP contribution in [-0.4, -0.2) is 27.5 Å². The van der Waals surface area contributed by atoms with Gasteiger partial charge in [-0.25, -0.2) is 4.99 Å². The molecular weight excluding hydrogens is 456 g/mol. The van der Waals surface area contributed by atoms with Crippen LogP contribution in [0.2, 0.25) is 0 Å². The van der Waals surface area contributed by atoms with Crippen LogP contribution in [-0.2, 0) is 0 Å². The standard InChI is InChI=1S/C28H16N4O4/c29-15-9-17-23(21-19(15)25(33)11-5-1-3-7-13(11)27(21)35)31-18-10-16(30)20-22(24(18)32-17)28(36)14-8-4-2-6-12(14)26(20)34/h1-10,23,29,33,35H,30H2. The minimum Gasteiger partial charge on any atom is -0.507 e. The normalized spacial score (nSPS) is 17.2. The van der Waals surface area contributed by atoms with Gasteiger partial charge in [0.15, 0.2) is 11.6 Å². The zero-order valence-electron chi connectivity index (χ0n) is 18.5. The smallest absolute Gasteiger partial charge is 0.196 e. The fourth-order valence-corrected chi connectivity index (χ4v) is 5.40. The lowest BCUT2D eigenvalue weighted by Crippen LogP contribution is -2.41. The van der Waals surface area contributed by atoms with Crippen LogP contribution in [0.4, 0.5) is 5.69 Å². The Balaban J connectivity index is 1.55. The Labute approximate surface area is 202 Å². The molecule has 7 rings (SSSR count). The minimum absolute atomic E-state index is 0.0470. The monoisotopic (exact) mass is 472 g/mol. The molecule has 0 fully saturated rings. The summed E-state index contributed by atoms with van der Waals surface area (Å²) >= 11 is 0. The first-order chi connectivity index (χ1) is 17.4. The second-order valence-corrected chi connectivity index (χ2v) is 8.95. The van der Waals surface area contributed by atoms with Crippen LogP contribution >= 0.6 is 0 Å². The van der Waals surface area contributed by atoms with E-state index in [2.05, 4.69) is 4.99 Å². The predicted molar refractivity (Wildman–Crippen MR) is 131 cm³/mol. The van der Waals surface area contributed by atoms with Crippen molar-refractivity contribution in [2.75, 3.05) is 5.73 Å². The second kappa shape index (κ2) is 6.73. The number of anilines is 1. The molecule has 36 heavy (non-hydrogen) atoms. The van der Waals surface area contributed by atoms with Gasteiger partial charge in [-0.3, -0.25) is 14.6 Å². The number of carbonyl (C=O) groups excluding carboxylic acids is 2. The highest BCUT2D eigenvalue weighted by Crippen LogP contribution is 2.48. The fraction of sp³-hybridized carbons (Fsp3) is 0.0357. The van der Waals surface area contributed by atoms with Gasteiger partial charge in [-0.15, -0.1) is 0 Å². The maximum absolute atomic E-state index is 13.5. The molecule has 1 heterocycles. The number of fused-ring (bicyclic) bond motifs is 8. The number of nitrogens with one attached hydrogen (secondary N) is 1. The van der Waals surface area contributed by atoms with Crippen molar-refractivity contribution in [1.82, 2.24) is 0 Å². The van der Waals surface area contributed by atoms with Crippen LogP contribution in [0.1, 0.15) is 49.0 Å². The summed E-state index contributed by atoms with van der Waals surface area (Å²) in [4.78, 5) is 36.2. The van der Waals surface area contributed by atoms with E-state index < -0.39 is 6.04 Å². The topological polar surface area (TPSA) is 149 Å². The Kier molecular flexibility index (Phi) is 3.79. The molecule has 5 N–H and O–H groups in total. The molecule has 3 aliphatic rings. The SMILES string of the molecule is N=C1C=C2N=c3c4c(c(N)cc3=NC2c2c1c(O)c1ccccc1c2O)C(=O)c1ccccc1C4=O. The summed E-state index contributed by atoms with van der Waals surface area (Å²) in [5.74, 6) is -0.962. The minimum atomic E-state index is -0.837. The van der Waals surface area contributed by atoms with Gasteiger partial charge in [0.25, 0.3) is 0 Å². The largest absolute Gasteiger partial charge is 0.507 e. The van der Waals surface area contributed by atoms with Gasteiger partial charge < -0.3 is 21.4 Å². The summed E-state index contributed by atoms with van der Waals surface area (Å²) < 4.78 is 0. The van der Waals surface area contributed by atoms with Crippen molar-refractivity contribution >= 4 is 33.7 Å². The summed E-state index contributed by atoms with van der Waals surface area (Å²) in [5, 5.41) is 32.1. The molecule has 1 unspecified atom stereocenters. The Morgan fingerprint density at radius 2 is 1.44 bits per heavy atom. The molecule has 4 aromatic carbocycles. The third kappa shape index (κ3) is 2.39. The van der Waals surface area contributed by atoms with Crippen molar-refractivity contribution in [3.05, 3.63) is 110 Å². The van der Waals surface area contributed by atoms with Crippen LogP contribution in [0.25, 0.3) is 10.8 Å². The van der Waals surface area contributed by atoms with Gasteiger partial charge >= 0.3 is 0 Å². The van der Waals surface area contributed by atoms with Crippen molar-refractivity contribution in [3.63, 3.8) is 0 Å². The first-order valence-corrected chi connectivity index (χ1v) is 11.2. The van der Waals surface area contributed by atoms with Crippen molar-refractivity contribution in [2.24, 2.45) is 9.98 Å². The molecule has 0 radical (unpaired) electrons. The van der Waals surface area contributed by atoms with Gasteiger partial charge in [0, 0.05) is 33.2 Å². The number of hydrogen-bond acceptors (Lipinski definition) is 8. The zero-order chi connectivity index (χ0) is 24.9. The molecule has 0 amide bonds. The average molecular weight is 472 g/mol. The van der Waals surface area contributed by atoms with E-state index in [1.807, 2.05) is 0 Å². The Morgan fingerprint density at radius 1 is 0.833 bits per heavy atom. The van der Waals surface area contributed by atoms with E-state index in [1.165, 1.54) is 12.1 Å². The molecule has 1 atom stereocenters. The summed E-state index contributed by atoms with van der Waals surface area (Å²) in [7, 11) is 0. The van der Waals surface area contributed by atoms with Crippen molar-refractivity contribution < 1.29 is 19.8 Å². The fourth-order valence-electron chi connectivity index (χ4n) is 5.40.